The van der Waals surface area contributed by atoms with E-state index < -0.39 is 5.09 Å². The summed E-state index contributed by atoms with van der Waals surface area (Å²) in [6.07, 6.45) is 3.71. The van der Waals surface area contributed by atoms with Crippen molar-refractivity contribution < 1.29 is 18.8 Å². The van der Waals surface area contributed by atoms with Gasteiger partial charge >= 0.3 is 0 Å². The zero-order chi connectivity index (χ0) is 11.5. The van der Waals surface area contributed by atoms with Crippen LogP contribution >= 0.6 is 11.8 Å². The summed E-state index contributed by atoms with van der Waals surface area (Å²) < 4.78 is 10.3. The molecule has 0 N–H and O–H groups in total. The normalized spacial score (nSPS) is 10.8. The molecule has 0 unspecified atom stereocenters. The van der Waals surface area contributed by atoms with Crippen LogP contribution in [0.3, 0.4) is 0 Å². The molecule has 0 atom stereocenters. The van der Waals surface area contributed by atoms with Crippen molar-refractivity contribution in [3.63, 3.8) is 0 Å². The van der Waals surface area contributed by atoms with Gasteiger partial charge < -0.3 is 8.83 Å². The van der Waals surface area contributed by atoms with Gasteiger partial charge in [0.25, 0.3) is 5.09 Å². The van der Waals surface area contributed by atoms with E-state index in [9.17, 15) is 10.1 Å². The number of hydrogen-bond acceptors (Lipinski definition) is 6. The average molecular weight is 243 g/mol. The Balaban J connectivity index is 2.28. The Kier molecular flexibility index (Phi) is 3.04. The van der Waals surface area contributed by atoms with Gasteiger partial charge in [-0.3, -0.25) is 4.84 Å². The van der Waals surface area contributed by atoms with Crippen LogP contribution in [-0.4, -0.2) is 10.8 Å². The van der Waals surface area contributed by atoms with Crippen LogP contribution in [0.1, 0.15) is 13.3 Å². The van der Waals surface area contributed by atoms with Gasteiger partial charge in [-0.25, -0.2) is 0 Å². The molecule has 0 bridgehead atoms. The lowest BCUT2D eigenvalue weighted by Crippen LogP contribution is -2.02. The van der Waals surface area contributed by atoms with Crippen molar-refractivity contribution in [3.8, 4) is 5.75 Å². The minimum Gasteiger partial charge on any atom is -0.457 e. The van der Waals surface area contributed by atoms with Crippen LogP contribution in [-0.2, 0) is 0 Å². The van der Waals surface area contributed by atoms with Crippen molar-refractivity contribution in [1.82, 2.24) is 0 Å². The minimum atomic E-state index is -0.897. The molecular weight excluding hydrogens is 234 g/mol. The van der Waals surface area contributed by atoms with Crippen LogP contribution in [0.2, 0.25) is 0 Å². The fraction of sp³-hybridized carbons (Fsp3) is 0.333. The molecule has 0 fully saturated rings. The van der Waals surface area contributed by atoms with Crippen LogP contribution in [0.5, 0.6) is 5.75 Å². The summed E-state index contributed by atoms with van der Waals surface area (Å²) in [7, 11) is 0. The van der Waals surface area contributed by atoms with Gasteiger partial charge in [0.15, 0.2) is 5.58 Å². The van der Waals surface area contributed by atoms with Gasteiger partial charge in [-0.1, -0.05) is 6.92 Å². The number of furan rings is 2. The van der Waals surface area contributed by atoms with Gasteiger partial charge in [0.1, 0.15) is 12.5 Å². The van der Waals surface area contributed by atoms with E-state index in [0.29, 0.717) is 5.58 Å². The Hall–Kier alpha value is -1.63. The Bertz CT molecular complexity index is 503. The number of nitrogens with zero attached hydrogens (tertiary/aromatic N) is 1. The topological polar surface area (TPSA) is 78.7 Å². The Morgan fingerprint density at radius 3 is 2.88 bits per heavy atom. The summed E-state index contributed by atoms with van der Waals surface area (Å²) in [6, 6.07) is 0. The molecule has 86 valence electrons. The van der Waals surface area contributed by atoms with E-state index in [4.69, 9.17) is 8.83 Å². The number of thioether (sulfide) groups is 1. The van der Waals surface area contributed by atoms with E-state index >= 15 is 0 Å². The summed E-state index contributed by atoms with van der Waals surface area (Å²) in [4.78, 5) is 15.3. The highest BCUT2D eigenvalue weighted by Gasteiger charge is 2.17. The maximum absolute atomic E-state index is 10.2. The highest BCUT2D eigenvalue weighted by atomic mass is 32.2. The van der Waals surface area contributed by atoms with Crippen molar-refractivity contribution in [2.24, 2.45) is 0 Å². The molecule has 16 heavy (non-hydrogen) atoms. The monoisotopic (exact) mass is 243 g/mol. The zero-order valence-corrected chi connectivity index (χ0v) is 9.28. The average Bonchev–Trinajstić information content (AvgIpc) is 2.78. The van der Waals surface area contributed by atoms with Gasteiger partial charge in [0.05, 0.1) is 4.90 Å². The van der Waals surface area contributed by atoms with Crippen molar-refractivity contribution in [2.75, 3.05) is 5.75 Å². The zero-order valence-electron chi connectivity index (χ0n) is 8.47. The van der Waals surface area contributed by atoms with Crippen LogP contribution in [0, 0.1) is 10.1 Å². The smallest absolute Gasteiger partial charge is 0.300 e. The maximum Gasteiger partial charge on any atom is 0.300 e. The number of rotatable bonds is 5. The third-order valence-electron chi connectivity index (χ3n) is 1.86. The third kappa shape index (κ3) is 1.99. The van der Waals surface area contributed by atoms with Crippen molar-refractivity contribution >= 4 is 22.9 Å². The Morgan fingerprint density at radius 1 is 1.44 bits per heavy atom. The highest BCUT2D eigenvalue weighted by molar-refractivity contribution is 7.99. The van der Waals surface area contributed by atoms with Gasteiger partial charge in [0.2, 0.25) is 11.3 Å². The van der Waals surface area contributed by atoms with E-state index in [0.717, 1.165) is 17.1 Å². The molecule has 0 spiro atoms. The minimum absolute atomic E-state index is 0.0108. The SMILES string of the molecule is CCCSc1coc2c(O[N+](=O)[O-])coc12. The predicted octanol–water partition coefficient (Wildman–Crippen LogP) is 3.10. The second kappa shape index (κ2) is 4.48. The first-order valence-corrected chi connectivity index (χ1v) is 5.64. The molecule has 0 aliphatic carbocycles. The quantitative estimate of drug-likeness (QED) is 0.456. The number of hydrogen-bond donors (Lipinski definition) is 0. The molecule has 0 amide bonds. The molecule has 0 aliphatic heterocycles. The van der Waals surface area contributed by atoms with Crippen molar-refractivity contribution in [3.05, 3.63) is 22.6 Å². The van der Waals surface area contributed by atoms with E-state index in [-0.39, 0.29) is 11.3 Å². The summed E-state index contributed by atoms with van der Waals surface area (Å²) >= 11 is 1.58. The standard InChI is InChI=1S/C9H9NO5S/c1-2-3-16-7-5-14-8-6(15-10(11)12)4-13-9(7)8/h4-5H,2-3H2,1H3. The summed E-state index contributed by atoms with van der Waals surface area (Å²) in [6.45, 7) is 2.06. The Morgan fingerprint density at radius 2 is 2.19 bits per heavy atom. The van der Waals surface area contributed by atoms with Gasteiger partial charge in [-0.05, 0) is 12.2 Å². The summed E-state index contributed by atoms with van der Waals surface area (Å²) in [5, 5.41) is 9.29. The van der Waals surface area contributed by atoms with Crippen LogP contribution in [0.4, 0.5) is 0 Å². The van der Waals surface area contributed by atoms with E-state index in [1.165, 1.54) is 12.5 Å². The van der Waals surface area contributed by atoms with Crippen LogP contribution in [0.25, 0.3) is 11.2 Å². The molecule has 0 aromatic carbocycles. The molecule has 0 radical (unpaired) electrons. The van der Waals surface area contributed by atoms with E-state index in [1.807, 2.05) is 0 Å². The molecule has 7 heteroatoms. The first-order valence-electron chi connectivity index (χ1n) is 4.66. The molecular formula is C9H9NO5S. The fourth-order valence-corrected chi connectivity index (χ4v) is 2.05. The summed E-state index contributed by atoms with van der Waals surface area (Å²) in [5.74, 6) is 0.921. The largest absolute Gasteiger partial charge is 0.457 e. The first kappa shape index (κ1) is 10.9. The number of fused-ring (bicyclic) bond motifs is 1. The molecule has 0 saturated carbocycles. The van der Waals surface area contributed by atoms with Gasteiger partial charge in [0, 0.05) is 0 Å². The lowest BCUT2D eigenvalue weighted by molar-refractivity contribution is -0.710. The second-order valence-corrected chi connectivity index (χ2v) is 4.16. The Labute approximate surface area is 94.6 Å². The molecule has 6 nitrogen and oxygen atoms in total. The molecule has 2 heterocycles. The first-order chi connectivity index (χ1) is 7.72. The van der Waals surface area contributed by atoms with E-state index in [2.05, 4.69) is 11.8 Å². The van der Waals surface area contributed by atoms with Crippen LogP contribution < -0.4 is 4.84 Å². The maximum atomic E-state index is 10.2. The summed E-state index contributed by atoms with van der Waals surface area (Å²) in [5.41, 5.74) is 0.769. The lowest BCUT2D eigenvalue weighted by atomic mass is 10.5. The second-order valence-electron chi connectivity index (χ2n) is 3.02. The molecule has 2 rings (SSSR count). The third-order valence-corrected chi connectivity index (χ3v) is 3.06. The molecule has 0 saturated heterocycles. The van der Waals surface area contributed by atoms with Crippen molar-refractivity contribution in [2.45, 2.75) is 18.2 Å². The lowest BCUT2D eigenvalue weighted by Gasteiger charge is -1.91. The van der Waals surface area contributed by atoms with E-state index in [1.54, 1.807) is 11.8 Å². The highest BCUT2D eigenvalue weighted by Crippen LogP contribution is 2.36. The molecule has 0 aliphatic rings. The molecule has 2 aromatic heterocycles. The van der Waals surface area contributed by atoms with Crippen molar-refractivity contribution in [1.29, 1.82) is 0 Å². The van der Waals surface area contributed by atoms with Crippen LogP contribution in [0.15, 0.2) is 26.3 Å². The molecule has 2 aromatic rings. The predicted molar refractivity (Wildman–Crippen MR) is 57.1 cm³/mol. The fourth-order valence-electron chi connectivity index (χ4n) is 1.23. The van der Waals surface area contributed by atoms with Gasteiger partial charge in [-0.2, -0.15) is 0 Å². The van der Waals surface area contributed by atoms with Gasteiger partial charge in [-0.15, -0.1) is 21.9 Å².